The van der Waals surface area contributed by atoms with E-state index in [1.54, 1.807) is 38.1 Å². The largest absolute Gasteiger partial charge is 0.368 e. The van der Waals surface area contributed by atoms with Gasteiger partial charge in [0.1, 0.15) is 11.6 Å². The van der Waals surface area contributed by atoms with Gasteiger partial charge in [0, 0.05) is 17.0 Å². The van der Waals surface area contributed by atoms with Gasteiger partial charge in [0.2, 0.25) is 16.0 Å². The number of hydrogen-bond donors (Lipinski definition) is 3. The summed E-state index contributed by atoms with van der Waals surface area (Å²) in [5.41, 5.74) is 9.86. The fourth-order valence-electron chi connectivity index (χ4n) is 3.67. The topological polar surface area (TPSA) is 161 Å². The Morgan fingerprint density at radius 1 is 1.06 bits per heavy atom. The first-order valence-electron chi connectivity index (χ1n) is 11.1. The molecule has 0 atom stereocenters. The standard InChI is InChI=1S/C22H22FN5O2S.CH4O3S/c1-12(2)31(29,30)28-18-11-15(7-10-17(18)25-22(28)24)20-19(13-5-8-16(23)9-6-13)26-21(27-20)14-3-4-14;1-5(2,3)4/h5-12,14H,3-4H2,1-2H3,(H2,24,25)(H,26,27);1H3,(H,2,3,4). The number of nitrogen functional groups attached to an aromatic ring is 1. The van der Waals surface area contributed by atoms with E-state index in [2.05, 4.69) is 9.97 Å². The van der Waals surface area contributed by atoms with E-state index in [1.807, 2.05) is 6.07 Å². The Bertz CT molecular complexity index is 1630. The van der Waals surface area contributed by atoms with Gasteiger partial charge in [0.15, 0.2) is 0 Å². The lowest BCUT2D eigenvalue weighted by Gasteiger charge is -2.11. The molecule has 0 bridgehead atoms. The molecule has 0 amide bonds. The maximum Gasteiger partial charge on any atom is 0.261 e. The lowest BCUT2D eigenvalue weighted by atomic mass is 10.0. The van der Waals surface area contributed by atoms with E-state index in [0.29, 0.717) is 28.9 Å². The van der Waals surface area contributed by atoms with Gasteiger partial charge in [0.25, 0.3) is 10.1 Å². The van der Waals surface area contributed by atoms with Crippen molar-refractivity contribution in [3.8, 4) is 22.5 Å². The summed E-state index contributed by atoms with van der Waals surface area (Å²) < 4.78 is 66.2. The number of nitrogens with zero attached hydrogens (tertiary/aromatic N) is 3. The minimum atomic E-state index is -3.70. The number of rotatable bonds is 5. The van der Waals surface area contributed by atoms with Crippen LogP contribution in [0.2, 0.25) is 0 Å². The van der Waals surface area contributed by atoms with Crippen LogP contribution in [0, 0.1) is 5.82 Å². The number of anilines is 1. The summed E-state index contributed by atoms with van der Waals surface area (Å²) >= 11 is 0. The smallest absolute Gasteiger partial charge is 0.261 e. The Kier molecular flexibility index (Phi) is 6.66. The lowest BCUT2D eigenvalue weighted by molar-refractivity contribution is 0.490. The normalized spacial score (nSPS) is 14.2. The fourth-order valence-corrected chi connectivity index (χ4v) is 4.82. The highest BCUT2D eigenvalue weighted by Crippen LogP contribution is 2.42. The van der Waals surface area contributed by atoms with Crippen LogP contribution < -0.4 is 5.73 Å². The molecule has 2 aromatic carbocycles. The molecular weight excluding hydrogens is 509 g/mol. The van der Waals surface area contributed by atoms with E-state index in [9.17, 15) is 21.2 Å². The Morgan fingerprint density at radius 3 is 2.19 bits per heavy atom. The number of nitrogens with one attached hydrogen (secondary N) is 1. The van der Waals surface area contributed by atoms with Gasteiger partial charge in [-0.2, -0.15) is 8.42 Å². The Labute approximate surface area is 208 Å². The number of hydrogen-bond acceptors (Lipinski definition) is 7. The summed E-state index contributed by atoms with van der Waals surface area (Å²) in [6, 6.07) is 11.6. The van der Waals surface area contributed by atoms with Crippen molar-refractivity contribution in [2.45, 2.75) is 37.9 Å². The minimum absolute atomic E-state index is 0.0692. The molecule has 2 heterocycles. The molecule has 1 saturated carbocycles. The van der Waals surface area contributed by atoms with Crippen molar-refractivity contribution in [3.63, 3.8) is 0 Å². The number of imidazole rings is 2. The van der Waals surface area contributed by atoms with E-state index in [4.69, 9.17) is 15.3 Å². The fraction of sp³-hybridized carbons (Fsp3) is 0.304. The molecule has 5 rings (SSSR count). The zero-order chi connectivity index (χ0) is 26.4. The molecule has 36 heavy (non-hydrogen) atoms. The van der Waals surface area contributed by atoms with Crippen LogP contribution in [0.3, 0.4) is 0 Å². The molecule has 0 radical (unpaired) electrons. The van der Waals surface area contributed by atoms with Crippen molar-refractivity contribution in [1.29, 1.82) is 0 Å². The van der Waals surface area contributed by atoms with Crippen LogP contribution in [0.5, 0.6) is 0 Å². The Balaban J connectivity index is 0.000000556. The van der Waals surface area contributed by atoms with Crippen LogP contribution in [0.15, 0.2) is 42.5 Å². The average molecular weight is 536 g/mol. The number of nitrogens with two attached hydrogens (primary N) is 1. The summed E-state index contributed by atoms with van der Waals surface area (Å²) in [6.45, 7) is 3.21. The number of aromatic amines is 1. The number of fused-ring (bicyclic) bond motifs is 1. The van der Waals surface area contributed by atoms with Gasteiger partial charge in [-0.1, -0.05) is 6.07 Å². The van der Waals surface area contributed by atoms with Gasteiger partial charge < -0.3 is 10.7 Å². The third kappa shape index (κ3) is 5.42. The van der Waals surface area contributed by atoms with Crippen LogP contribution in [0.4, 0.5) is 10.3 Å². The van der Waals surface area contributed by atoms with Gasteiger partial charge in [-0.3, -0.25) is 4.55 Å². The highest BCUT2D eigenvalue weighted by atomic mass is 32.2. The maximum absolute atomic E-state index is 13.5. The predicted molar refractivity (Wildman–Crippen MR) is 136 cm³/mol. The summed E-state index contributed by atoms with van der Waals surface area (Å²) in [5.74, 6) is 0.892. The van der Waals surface area contributed by atoms with Gasteiger partial charge in [-0.05, 0) is 63.1 Å². The minimum Gasteiger partial charge on any atom is -0.368 e. The monoisotopic (exact) mass is 535 g/mol. The molecule has 2 aromatic heterocycles. The molecule has 10 nitrogen and oxygen atoms in total. The molecule has 13 heteroatoms. The van der Waals surface area contributed by atoms with E-state index < -0.39 is 25.4 Å². The van der Waals surface area contributed by atoms with E-state index in [1.165, 1.54) is 12.1 Å². The molecule has 1 aliphatic rings. The van der Waals surface area contributed by atoms with Gasteiger partial charge in [-0.15, -0.1) is 0 Å². The first-order valence-corrected chi connectivity index (χ1v) is 14.4. The SMILES string of the molecule is CC(C)S(=O)(=O)n1c(N)nc2ccc(-c3nc(C4CC4)[nH]c3-c3ccc(F)cc3)cc21.CS(=O)(=O)O. The third-order valence-corrected chi connectivity index (χ3v) is 7.66. The van der Waals surface area contributed by atoms with E-state index in [-0.39, 0.29) is 11.8 Å². The number of halogens is 1. The van der Waals surface area contributed by atoms with Gasteiger partial charge in [0.05, 0.1) is 33.9 Å². The third-order valence-electron chi connectivity index (χ3n) is 5.58. The maximum atomic E-state index is 13.5. The summed E-state index contributed by atoms with van der Waals surface area (Å²) in [4.78, 5) is 12.4. The zero-order valence-electron chi connectivity index (χ0n) is 19.8. The van der Waals surface area contributed by atoms with Crippen LogP contribution in [0.1, 0.15) is 38.4 Å². The van der Waals surface area contributed by atoms with Crippen molar-refractivity contribution >= 4 is 37.1 Å². The van der Waals surface area contributed by atoms with E-state index in [0.717, 1.165) is 39.5 Å². The van der Waals surface area contributed by atoms with Crippen molar-refractivity contribution in [2.75, 3.05) is 12.0 Å². The predicted octanol–water partition coefficient (Wildman–Crippen LogP) is 3.78. The number of aromatic nitrogens is 4. The zero-order valence-corrected chi connectivity index (χ0v) is 21.4. The van der Waals surface area contributed by atoms with Crippen LogP contribution in [0.25, 0.3) is 33.5 Å². The van der Waals surface area contributed by atoms with E-state index >= 15 is 0 Å². The van der Waals surface area contributed by atoms with Gasteiger partial charge in [-0.25, -0.2) is 26.7 Å². The molecule has 0 spiro atoms. The first kappa shape index (κ1) is 25.8. The lowest BCUT2D eigenvalue weighted by Crippen LogP contribution is -2.23. The van der Waals surface area contributed by atoms with Crippen molar-refractivity contribution in [3.05, 3.63) is 54.1 Å². The Hall–Kier alpha value is -3.29. The molecule has 4 aromatic rings. The van der Waals surface area contributed by atoms with Crippen LogP contribution >= 0.6 is 0 Å². The summed E-state index contributed by atoms with van der Waals surface area (Å²) in [6.07, 6.45) is 2.86. The number of H-pyrrole nitrogens is 1. The van der Waals surface area contributed by atoms with Crippen molar-refractivity contribution < 1.29 is 25.8 Å². The van der Waals surface area contributed by atoms with Crippen LogP contribution in [-0.2, 0) is 20.1 Å². The molecule has 1 aliphatic carbocycles. The Morgan fingerprint density at radius 2 is 1.64 bits per heavy atom. The highest BCUT2D eigenvalue weighted by molar-refractivity contribution is 7.90. The van der Waals surface area contributed by atoms with Crippen LogP contribution in [-0.4, -0.2) is 51.8 Å². The highest BCUT2D eigenvalue weighted by Gasteiger charge is 2.29. The second kappa shape index (κ2) is 9.30. The quantitative estimate of drug-likeness (QED) is 0.325. The molecule has 4 N–H and O–H groups in total. The van der Waals surface area contributed by atoms with Crippen molar-refractivity contribution in [2.24, 2.45) is 0 Å². The molecule has 192 valence electrons. The number of benzene rings is 2. The average Bonchev–Trinajstić information content (AvgIpc) is 3.43. The van der Waals surface area contributed by atoms with Gasteiger partial charge >= 0.3 is 0 Å². The summed E-state index contributed by atoms with van der Waals surface area (Å²) in [5, 5.41) is -0.655. The molecule has 0 aliphatic heterocycles. The molecule has 0 saturated heterocycles. The summed E-state index contributed by atoms with van der Waals surface area (Å²) in [7, 11) is -7.36. The first-order chi connectivity index (χ1) is 16.8. The molecule has 1 fully saturated rings. The second-order valence-electron chi connectivity index (χ2n) is 8.89. The molecule has 0 unspecified atom stereocenters. The molecular formula is C23H26FN5O5S2. The van der Waals surface area contributed by atoms with Crippen molar-refractivity contribution in [1.82, 2.24) is 18.9 Å². The second-order valence-corrected chi connectivity index (χ2v) is 12.7.